The molecule has 106 valence electrons. The van der Waals surface area contributed by atoms with Crippen LogP contribution in [0.15, 0.2) is 24.3 Å². The molecule has 3 atom stereocenters. The molecule has 0 spiro atoms. The lowest BCUT2D eigenvalue weighted by atomic mass is 9.99. The molecule has 1 aliphatic carbocycles. The third-order valence-corrected chi connectivity index (χ3v) is 4.56. The summed E-state index contributed by atoms with van der Waals surface area (Å²) in [6.45, 7) is 3.49. The Morgan fingerprint density at radius 1 is 1.45 bits per heavy atom. The van der Waals surface area contributed by atoms with E-state index in [1.807, 2.05) is 0 Å². The summed E-state index contributed by atoms with van der Waals surface area (Å²) in [6.07, 6.45) is 0.913. The number of non-ortho nitro benzene ring substituents is 1. The first kappa shape index (κ1) is 13.1. The number of amides is 1. The zero-order valence-corrected chi connectivity index (χ0v) is 11.2. The number of carbonyl (C=O) groups is 1. The van der Waals surface area contributed by atoms with Crippen LogP contribution < -0.4 is 5.32 Å². The smallest absolute Gasteiger partial charge is 0.269 e. The number of anilines is 1. The van der Waals surface area contributed by atoms with Gasteiger partial charge in [0.05, 0.1) is 11.5 Å². The van der Waals surface area contributed by atoms with Crippen LogP contribution in [0.3, 0.4) is 0 Å². The first-order valence-corrected chi connectivity index (χ1v) is 6.65. The van der Waals surface area contributed by atoms with Crippen molar-refractivity contribution in [3.8, 4) is 0 Å². The average molecular weight is 276 g/mol. The number of nitro groups is 1. The number of hydrogen-bond acceptors (Lipinski definition) is 4. The lowest BCUT2D eigenvalue weighted by molar-refractivity contribution is -0.384. The van der Waals surface area contributed by atoms with Crippen LogP contribution in [-0.2, 0) is 9.53 Å². The van der Waals surface area contributed by atoms with E-state index < -0.39 is 4.92 Å². The van der Waals surface area contributed by atoms with E-state index in [4.69, 9.17) is 4.74 Å². The Labute approximate surface area is 116 Å². The van der Waals surface area contributed by atoms with Gasteiger partial charge in [0, 0.05) is 36.3 Å². The van der Waals surface area contributed by atoms with Crippen LogP contribution >= 0.6 is 0 Å². The minimum absolute atomic E-state index is 0.0137. The summed E-state index contributed by atoms with van der Waals surface area (Å²) in [5, 5.41) is 13.4. The standard InChI is InChI=1S/C14H16N2O4/c1-14-6-7-20-8-11(14)12(14)13(17)15-9-2-4-10(5-3-9)16(18)19/h2-5,11-12H,6-8H2,1H3,(H,15,17)/t11-,12+,14-/m0/s1. The van der Waals surface area contributed by atoms with Gasteiger partial charge in [0.15, 0.2) is 0 Å². The average Bonchev–Trinajstić information content (AvgIpc) is 3.05. The summed E-state index contributed by atoms with van der Waals surface area (Å²) in [4.78, 5) is 22.4. The van der Waals surface area contributed by atoms with Crippen LogP contribution in [0.5, 0.6) is 0 Å². The molecule has 0 aromatic heterocycles. The van der Waals surface area contributed by atoms with Crippen molar-refractivity contribution in [3.63, 3.8) is 0 Å². The predicted octanol–water partition coefficient (Wildman–Crippen LogP) is 2.21. The molecule has 1 N–H and O–H groups in total. The second kappa shape index (κ2) is 4.56. The van der Waals surface area contributed by atoms with E-state index in [0.29, 0.717) is 24.8 Å². The molecule has 1 saturated carbocycles. The molecule has 1 aliphatic heterocycles. The Hall–Kier alpha value is -1.95. The molecule has 1 amide bonds. The zero-order valence-electron chi connectivity index (χ0n) is 11.2. The molecule has 2 fully saturated rings. The van der Waals surface area contributed by atoms with E-state index in [-0.39, 0.29) is 22.9 Å². The number of nitrogens with one attached hydrogen (secondary N) is 1. The van der Waals surface area contributed by atoms with Gasteiger partial charge in [0.2, 0.25) is 5.91 Å². The minimum atomic E-state index is -0.459. The summed E-state index contributed by atoms with van der Waals surface area (Å²) >= 11 is 0. The lowest BCUT2D eigenvalue weighted by Gasteiger charge is -2.16. The Balaban J connectivity index is 1.66. The number of nitrogens with zero attached hydrogens (tertiary/aromatic N) is 1. The summed E-state index contributed by atoms with van der Waals surface area (Å²) in [6, 6.07) is 5.89. The van der Waals surface area contributed by atoms with Crippen molar-refractivity contribution in [2.24, 2.45) is 17.3 Å². The molecule has 6 nitrogen and oxygen atoms in total. The van der Waals surface area contributed by atoms with Crippen molar-refractivity contribution in [2.45, 2.75) is 13.3 Å². The molecule has 0 radical (unpaired) electrons. The third kappa shape index (κ3) is 2.06. The lowest BCUT2D eigenvalue weighted by Crippen LogP contribution is -2.18. The molecule has 3 rings (SSSR count). The molecular weight excluding hydrogens is 260 g/mol. The maximum Gasteiger partial charge on any atom is 0.269 e. The van der Waals surface area contributed by atoms with Gasteiger partial charge in [-0.3, -0.25) is 14.9 Å². The normalized spacial score (nSPS) is 31.2. The van der Waals surface area contributed by atoms with Crippen molar-refractivity contribution >= 4 is 17.3 Å². The maximum absolute atomic E-state index is 12.3. The molecule has 1 aromatic carbocycles. The second-order valence-electron chi connectivity index (χ2n) is 5.71. The van der Waals surface area contributed by atoms with Gasteiger partial charge in [-0.05, 0) is 24.0 Å². The van der Waals surface area contributed by atoms with Crippen LogP contribution in [0.2, 0.25) is 0 Å². The molecule has 2 aliphatic rings. The van der Waals surface area contributed by atoms with Crippen LogP contribution in [0.4, 0.5) is 11.4 Å². The van der Waals surface area contributed by atoms with Crippen LogP contribution in [0.1, 0.15) is 13.3 Å². The van der Waals surface area contributed by atoms with E-state index >= 15 is 0 Å². The van der Waals surface area contributed by atoms with E-state index in [1.165, 1.54) is 12.1 Å². The Morgan fingerprint density at radius 2 is 2.15 bits per heavy atom. The number of nitro benzene ring substituents is 1. The molecule has 20 heavy (non-hydrogen) atoms. The number of carbonyl (C=O) groups excluding carboxylic acids is 1. The SMILES string of the molecule is C[C@]12CCOC[C@H]1[C@@H]2C(=O)Nc1ccc([N+](=O)[O-])cc1. The fourth-order valence-electron chi connectivity index (χ4n) is 3.16. The highest BCUT2D eigenvalue weighted by molar-refractivity contribution is 5.95. The Morgan fingerprint density at radius 3 is 2.70 bits per heavy atom. The van der Waals surface area contributed by atoms with Crippen molar-refractivity contribution in [1.29, 1.82) is 0 Å². The topological polar surface area (TPSA) is 81.5 Å². The van der Waals surface area contributed by atoms with Crippen molar-refractivity contribution in [3.05, 3.63) is 34.4 Å². The van der Waals surface area contributed by atoms with Crippen molar-refractivity contribution in [2.75, 3.05) is 18.5 Å². The number of rotatable bonds is 3. The van der Waals surface area contributed by atoms with Gasteiger partial charge >= 0.3 is 0 Å². The molecule has 0 bridgehead atoms. The number of benzene rings is 1. The quantitative estimate of drug-likeness (QED) is 0.677. The van der Waals surface area contributed by atoms with E-state index in [2.05, 4.69) is 12.2 Å². The summed E-state index contributed by atoms with van der Waals surface area (Å²) in [5.41, 5.74) is 0.667. The number of ether oxygens (including phenoxy) is 1. The van der Waals surface area contributed by atoms with Crippen LogP contribution in [-0.4, -0.2) is 24.0 Å². The summed E-state index contributed by atoms with van der Waals surface area (Å²) < 4.78 is 5.41. The minimum Gasteiger partial charge on any atom is -0.381 e. The Kier molecular flexibility index (Phi) is 2.97. The maximum atomic E-state index is 12.3. The van der Waals surface area contributed by atoms with Crippen molar-refractivity contribution in [1.82, 2.24) is 0 Å². The van der Waals surface area contributed by atoms with E-state index in [0.717, 1.165) is 6.42 Å². The highest BCUT2D eigenvalue weighted by Crippen LogP contribution is 2.62. The predicted molar refractivity (Wildman–Crippen MR) is 72.2 cm³/mol. The van der Waals surface area contributed by atoms with Gasteiger partial charge in [-0.25, -0.2) is 0 Å². The van der Waals surface area contributed by atoms with Crippen LogP contribution in [0.25, 0.3) is 0 Å². The number of hydrogen-bond donors (Lipinski definition) is 1. The highest BCUT2D eigenvalue weighted by Gasteiger charge is 2.65. The van der Waals surface area contributed by atoms with Gasteiger partial charge in [-0.2, -0.15) is 0 Å². The van der Waals surface area contributed by atoms with E-state index in [9.17, 15) is 14.9 Å². The molecule has 1 aromatic rings. The van der Waals surface area contributed by atoms with Gasteiger partial charge in [-0.1, -0.05) is 6.92 Å². The monoisotopic (exact) mass is 276 g/mol. The van der Waals surface area contributed by atoms with Gasteiger partial charge in [0.25, 0.3) is 5.69 Å². The fourth-order valence-corrected chi connectivity index (χ4v) is 3.16. The third-order valence-electron chi connectivity index (χ3n) is 4.56. The first-order chi connectivity index (χ1) is 9.52. The second-order valence-corrected chi connectivity index (χ2v) is 5.71. The van der Waals surface area contributed by atoms with Gasteiger partial charge in [0.1, 0.15) is 0 Å². The summed E-state index contributed by atoms with van der Waals surface area (Å²) in [7, 11) is 0. The molecule has 0 unspecified atom stereocenters. The number of fused-ring (bicyclic) bond motifs is 1. The molecule has 6 heteroatoms. The molecular formula is C14H16N2O4. The molecule has 1 heterocycles. The highest BCUT2D eigenvalue weighted by atomic mass is 16.6. The largest absolute Gasteiger partial charge is 0.381 e. The first-order valence-electron chi connectivity index (χ1n) is 6.65. The van der Waals surface area contributed by atoms with Gasteiger partial charge < -0.3 is 10.1 Å². The van der Waals surface area contributed by atoms with Gasteiger partial charge in [-0.15, -0.1) is 0 Å². The van der Waals surface area contributed by atoms with E-state index in [1.54, 1.807) is 12.1 Å². The van der Waals surface area contributed by atoms with Crippen LogP contribution in [0, 0.1) is 27.4 Å². The molecule has 1 saturated heterocycles. The zero-order chi connectivity index (χ0) is 14.3. The fraction of sp³-hybridized carbons (Fsp3) is 0.500. The Bertz CT molecular complexity index is 557. The van der Waals surface area contributed by atoms with Crippen molar-refractivity contribution < 1.29 is 14.5 Å². The summed E-state index contributed by atoms with van der Waals surface area (Å²) in [5.74, 6) is 0.270.